The molecule has 0 aliphatic rings. The fourth-order valence-corrected chi connectivity index (χ4v) is 0.816. The zero-order valence-electron chi connectivity index (χ0n) is 7.32. The molecule has 3 nitrogen and oxygen atoms in total. The number of rotatable bonds is 2. The lowest BCUT2D eigenvalue weighted by Crippen LogP contribution is -1.91. The third-order valence-electron chi connectivity index (χ3n) is 1.30. The average molecular weight is 194 g/mol. The highest BCUT2D eigenvalue weighted by atomic mass is 32.1. The molecule has 0 amide bonds. The summed E-state index contributed by atoms with van der Waals surface area (Å²) in [4.78, 5) is 0. The lowest BCUT2D eigenvalue weighted by Gasteiger charge is -1.94. The fraction of sp³-hybridized carbons (Fsp3) is 0.333. The van der Waals surface area contributed by atoms with Crippen molar-refractivity contribution >= 4 is 12.6 Å². The zero-order chi connectivity index (χ0) is 9.52. The van der Waals surface area contributed by atoms with Gasteiger partial charge in [-0.25, -0.2) is 0 Å². The van der Waals surface area contributed by atoms with E-state index in [0.717, 1.165) is 12.2 Å². The van der Waals surface area contributed by atoms with E-state index in [1.807, 2.05) is 0 Å². The van der Waals surface area contributed by atoms with Gasteiger partial charge in [-0.2, -0.15) is 12.6 Å². The summed E-state index contributed by atoms with van der Waals surface area (Å²) >= 11 is 4.04. The third kappa shape index (κ3) is 3.34. The van der Waals surface area contributed by atoms with Crippen molar-refractivity contribution in [3.63, 3.8) is 0 Å². The van der Waals surface area contributed by atoms with E-state index in [0.29, 0.717) is 11.6 Å². The molecule has 0 fully saturated rings. The Morgan fingerprint density at radius 2 is 2.31 bits per heavy atom. The van der Waals surface area contributed by atoms with Crippen molar-refractivity contribution in [2.45, 2.75) is 6.42 Å². The highest BCUT2D eigenvalue weighted by Crippen LogP contribution is 2.02. The second-order valence-corrected chi connectivity index (χ2v) is 2.68. The number of aromatic nitrogens is 2. The highest BCUT2D eigenvalue weighted by Gasteiger charge is 1.92. The molecular weight excluding hydrogens is 184 g/mol. The van der Waals surface area contributed by atoms with E-state index in [1.54, 1.807) is 19.2 Å². The molecule has 0 spiro atoms. The Morgan fingerprint density at radius 3 is 2.85 bits per heavy atom. The maximum Gasteiger partial charge on any atom is 0.233 e. The van der Waals surface area contributed by atoms with Gasteiger partial charge in [0.05, 0.1) is 7.11 Å². The predicted molar refractivity (Wildman–Crippen MR) is 53.9 cm³/mol. The molecule has 1 aromatic heterocycles. The van der Waals surface area contributed by atoms with Crippen LogP contribution in [-0.2, 0) is 0 Å². The molecule has 0 unspecified atom stereocenters. The minimum Gasteiger partial charge on any atom is -0.480 e. The molecule has 13 heavy (non-hydrogen) atoms. The van der Waals surface area contributed by atoms with Gasteiger partial charge in [0, 0.05) is 18.2 Å². The van der Waals surface area contributed by atoms with Gasteiger partial charge in [0.25, 0.3) is 0 Å². The Morgan fingerprint density at radius 1 is 1.46 bits per heavy atom. The third-order valence-corrected chi connectivity index (χ3v) is 1.53. The number of nitrogens with zero attached hydrogens (tertiary/aromatic N) is 2. The summed E-state index contributed by atoms with van der Waals surface area (Å²) in [7, 11) is 1.55. The Kier molecular flexibility index (Phi) is 4.13. The van der Waals surface area contributed by atoms with Crippen molar-refractivity contribution in [3.05, 3.63) is 17.8 Å². The minimum absolute atomic E-state index is 0.500. The SMILES string of the molecule is COc1ccc(C#CCCS)nn1. The van der Waals surface area contributed by atoms with Crippen LogP contribution in [-0.4, -0.2) is 23.1 Å². The highest BCUT2D eigenvalue weighted by molar-refractivity contribution is 7.80. The van der Waals surface area contributed by atoms with E-state index in [4.69, 9.17) is 4.74 Å². The van der Waals surface area contributed by atoms with Crippen LogP contribution in [0.4, 0.5) is 0 Å². The molecule has 0 aliphatic heterocycles. The van der Waals surface area contributed by atoms with Gasteiger partial charge in [0.1, 0.15) is 5.69 Å². The van der Waals surface area contributed by atoms with E-state index in [1.165, 1.54) is 0 Å². The predicted octanol–water partition coefficient (Wildman–Crippen LogP) is 1.16. The van der Waals surface area contributed by atoms with E-state index < -0.39 is 0 Å². The quantitative estimate of drug-likeness (QED) is 0.566. The molecule has 0 saturated heterocycles. The van der Waals surface area contributed by atoms with Gasteiger partial charge in [0.15, 0.2) is 0 Å². The van der Waals surface area contributed by atoms with Gasteiger partial charge in [-0.15, -0.1) is 10.2 Å². The minimum atomic E-state index is 0.500. The number of ether oxygens (including phenoxy) is 1. The monoisotopic (exact) mass is 194 g/mol. The Balaban J connectivity index is 2.65. The number of methoxy groups -OCH3 is 1. The molecular formula is C9H10N2OS. The summed E-state index contributed by atoms with van der Waals surface area (Å²) in [5, 5.41) is 7.63. The van der Waals surface area contributed by atoms with Crippen molar-refractivity contribution in [2.24, 2.45) is 0 Å². The molecule has 0 radical (unpaired) electrons. The molecule has 0 saturated carbocycles. The summed E-state index contributed by atoms with van der Waals surface area (Å²) in [6.45, 7) is 0. The zero-order valence-corrected chi connectivity index (χ0v) is 8.21. The maximum absolute atomic E-state index is 4.86. The van der Waals surface area contributed by atoms with Crippen LogP contribution in [0.1, 0.15) is 12.1 Å². The van der Waals surface area contributed by atoms with E-state index >= 15 is 0 Å². The van der Waals surface area contributed by atoms with E-state index in [9.17, 15) is 0 Å². The van der Waals surface area contributed by atoms with Gasteiger partial charge in [-0.05, 0) is 12.0 Å². The number of hydrogen-bond acceptors (Lipinski definition) is 4. The Hall–Kier alpha value is -1.21. The standard InChI is InChI=1S/C9H10N2OS/c1-12-9-6-5-8(10-11-9)4-2-3-7-13/h5-6,13H,3,7H2,1H3. The molecule has 1 aromatic rings. The molecule has 1 heterocycles. The topological polar surface area (TPSA) is 35.0 Å². The smallest absolute Gasteiger partial charge is 0.233 e. The molecule has 4 heteroatoms. The molecule has 0 N–H and O–H groups in total. The van der Waals surface area contributed by atoms with Gasteiger partial charge < -0.3 is 4.74 Å². The van der Waals surface area contributed by atoms with Crippen LogP contribution in [0, 0.1) is 11.8 Å². The van der Waals surface area contributed by atoms with Crippen molar-refractivity contribution in [2.75, 3.05) is 12.9 Å². The van der Waals surface area contributed by atoms with Crippen molar-refractivity contribution in [1.82, 2.24) is 10.2 Å². The van der Waals surface area contributed by atoms with Crippen LogP contribution in [0.3, 0.4) is 0 Å². The first-order valence-electron chi connectivity index (χ1n) is 3.84. The summed E-state index contributed by atoms with van der Waals surface area (Å²) in [5.74, 6) is 7.05. The Bertz CT molecular complexity index is 313. The maximum atomic E-state index is 4.86. The average Bonchev–Trinajstić information content (AvgIpc) is 2.19. The van der Waals surface area contributed by atoms with Gasteiger partial charge in [0.2, 0.25) is 5.88 Å². The van der Waals surface area contributed by atoms with Crippen LogP contribution < -0.4 is 4.74 Å². The van der Waals surface area contributed by atoms with Crippen molar-refractivity contribution < 1.29 is 4.74 Å². The number of hydrogen-bond donors (Lipinski definition) is 1. The van der Waals surface area contributed by atoms with Crippen LogP contribution in [0.2, 0.25) is 0 Å². The normalized spacial score (nSPS) is 8.77. The second kappa shape index (κ2) is 5.44. The second-order valence-electron chi connectivity index (χ2n) is 2.24. The summed E-state index contributed by atoms with van der Waals surface area (Å²) < 4.78 is 4.86. The van der Waals surface area contributed by atoms with Crippen molar-refractivity contribution in [1.29, 1.82) is 0 Å². The van der Waals surface area contributed by atoms with Gasteiger partial charge in [-0.3, -0.25) is 0 Å². The summed E-state index contributed by atoms with van der Waals surface area (Å²) in [5.41, 5.74) is 0.655. The summed E-state index contributed by atoms with van der Waals surface area (Å²) in [6, 6.07) is 3.51. The molecule has 0 bridgehead atoms. The first-order valence-corrected chi connectivity index (χ1v) is 4.47. The van der Waals surface area contributed by atoms with Gasteiger partial charge in [-0.1, -0.05) is 5.92 Å². The van der Waals surface area contributed by atoms with Gasteiger partial charge >= 0.3 is 0 Å². The molecule has 1 rings (SSSR count). The largest absolute Gasteiger partial charge is 0.480 e. The molecule has 0 aliphatic carbocycles. The Labute approximate surface area is 82.9 Å². The molecule has 0 aromatic carbocycles. The van der Waals surface area contributed by atoms with Crippen LogP contribution >= 0.6 is 12.6 Å². The first kappa shape index (κ1) is 9.87. The lowest BCUT2D eigenvalue weighted by atomic mass is 10.3. The van der Waals surface area contributed by atoms with Crippen LogP contribution in [0.25, 0.3) is 0 Å². The van der Waals surface area contributed by atoms with E-state index in [-0.39, 0.29) is 0 Å². The lowest BCUT2D eigenvalue weighted by molar-refractivity contribution is 0.391. The fourth-order valence-electron chi connectivity index (χ4n) is 0.705. The molecule has 0 atom stereocenters. The van der Waals surface area contributed by atoms with Crippen LogP contribution in [0.15, 0.2) is 12.1 Å². The van der Waals surface area contributed by atoms with E-state index in [2.05, 4.69) is 34.7 Å². The van der Waals surface area contributed by atoms with Crippen LogP contribution in [0.5, 0.6) is 5.88 Å². The summed E-state index contributed by atoms with van der Waals surface area (Å²) in [6.07, 6.45) is 0.761. The number of thiol groups is 1. The molecule has 68 valence electrons. The first-order chi connectivity index (χ1) is 6.36. The van der Waals surface area contributed by atoms with Crippen molar-refractivity contribution in [3.8, 4) is 17.7 Å².